The van der Waals surface area contributed by atoms with Crippen LogP contribution in [0.2, 0.25) is 0 Å². The van der Waals surface area contributed by atoms with E-state index in [4.69, 9.17) is 0 Å². The summed E-state index contributed by atoms with van der Waals surface area (Å²) in [6, 6.07) is 12.1. The summed E-state index contributed by atoms with van der Waals surface area (Å²) < 4.78 is 0. The zero-order valence-corrected chi connectivity index (χ0v) is 11.7. The van der Waals surface area contributed by atoms with Crippen molar-refractivity contribution < 1.29 is 0 Å². The third kappa shape index (κ3) is 4.84. The molecule has 0 nitrogen and oxygen atoms in total. The molecule has 0 heteroatoms. The van der Waals surface area contributed by atoms with E-state index in [0.717, 1.165) is 5.92 Å². The molecule has 99 valence electrons. The van der Waals surface area contributed by atoms with E-state index in [9.17, 15) is 0 Å². The van der Waals surface area contributed by atoms with Gasteiger partial charge < -0.3 is 0 Å². The van der Waals surface area contributed by atoms with Gasteiger partial charge in [-0.15, -0.1) is 0 Å². The molecule has 0 bridgehead atoms. The SMILES string of the molecule is [c]1ccccc1C1CCCCCCCCCCC1. The van der Waals surface area contributed by atoms with Crippen molar-refractivity contribution in [1.82, 2.24) is 0 Å². The molecular weight excluding hydrogens is 216 g/mol. The van der Waals surface area contributed by atoms with Crippen LogP contribution in [0.15, 0.2) is 24.3 Å². The van der Waals surface area contributed by atoms with Crippen LogP contribution in [0.3, 0.4) is 0 Å². The fourth-order valence-electron chi connectivity index (χ4n) is 3.14. The minimum Gasteiger partial charge on any atom is -0.0619 e. The maximum absolute atomic E-state index is 3.45. The highest BCUT2D eigenvalue weighted by Gasteiger charge is 2.11. The molecule has 0 aliphatic heterocycles. The van der Waals surface area contributed by atoms with Crippen molar-refractivity contribution in [3.63, 3.8) is 0 Å². The zero-order chi connectivity index (χ0) is 12.5. The average molecular weight is 243 g/mol. The first-order valence-corrected chi connectivity index (χ1v) is 7.93. The van der Waals surface area contributed by atoms with Crippen LogP contribution >= 0.6 is 0 Å². The molecule has 1 saturated carbocycles. The lowest BCUT2D eigenvalue weighted by Gasteiger charge is -2.18. The van der Waals surface area contributed by atoms with Crippen molar-refractivity contribution in [1.29, 1.82) is 0 Å². The number of rotatable bonds is 1. The second kappa shape index (κ2) is 8.34. The summed E-state index contributed by atoms with van der Waals surface area (Å²) in [7, 11) is 0. The van der Waals surface area contributed by atoms with E-state index in [1.54, 1.807) is 0 Å². The summed E-state index contributed by atoms with van der Waals surface area (Å²) in [6.45, 7) is 0. The van der Waals surface area contributed by atoms with Gasteiger partial charge in [0, 0.05) is 0 Å². The standard InChI is InChI=1S/C18H27/c1-2-4-6-9-13-17(14-10-7-5-3-1)18-15-11-8-12-16-18/h8,11-12,15,17H,1-7,9-10,13-14H2. The first-order valence-electron chi connectivity index (χ1n) is 7.93. The third-order valence-corrected chi connectivity index (χ3v) is 4.28. The van der Waals surface area contributed by atoms with E-state index in [1.807, 2.05) is 0 Å². The molecule has 0 aromatic heterocycles. The predicted molar refractivity (Wildman–Crippen MR) is 78.8 cm³/mol. The van der Waals surface area contributed by atoms with Crippen molar-refractivity contribution in [2.24, 2.45) is 0 Å². The Bertz CT molecular complexity index is 289. The lowest BCUT2D eigenvalue weighted by Crippen LogP contribution is -2.00. The summed E-state index contributed by atoms with van der Waals surface area (Å²) in [5.74, 6) is 0.769. The summed E-state index contributed by atoms with van der Waals surface area (Å²) in [4.78, 5) is 0. The molecule has 1 radical (unpaired) electrons. The molecule has 1 aromatic rings. The van der Waals surface area contributed by atoms with Gasteiger partial charge in [0.25, 0.3) is 0 Å². The van der Waals surface area contributed by atoms with Crippen LogP contribution < -0.4 is 0 Å². The second-order valence-electron chi connectivity index (χ2n) is 5.77. The number of hydrogen-bond acceptors (Lipinski definition) is 0. The second-order valence-corrected chi connectivity index (χ2v) is 5.77. The molecule has 1 aliphatic rings. The molecule has 1 fully saturated rings. The predicted octanol–water partition coefficient (Wildman–Crippen LogP) is 5.88. The lowest BCUT2D eigenvalue weighted by atomic mass is 9.87. The molecule has 1 aliphatic carbocycles. The van der Waals surface area contributed by atoms with Crippen LogP contribution in [0.1, 0.15) is 82.1 Å². The van der Waals surface area contributed by atoms with Gasteiger partial charge in [-0.25, -0.2) is 0 Å². The Morgan fingerprint density at radius 1 is 0.722 bits per heavy atom. The van der Waals surface area contributed by atoms with Crippen molar-refractivity contribution in [3.05, 3.63) is 35.9 Å². The van der Waals surface area contributed by atoms with E-state index in [-0.39, 0.29) is 0 Å². The van der Waals surface area contributed by atoms with Crippen LogP contribution in [-0.2, 0) is 0 Å². The van der Waals surface area contributed by atoms with Gasteiger partial charge in [0.15, 0.2) is 0 Å². The summed E-state index contributed by atoms with van der Waals surface area (Å²) >= 11 is 0. The van der Waals surface area contributed by atoms with Gasteiger partial charge in [-0.05, 0) is 30.4 Å². The first kappa shape index (κ1) is 13.6. The Kier molecular flexibility index (Phi) is 6.33. The van der Waals surface area contributed by atoms with Crippen LogP contribution in [0.5, 0.6) is 0 Å². The highest BCUT2D eigenvalue weighted by molar-refractivity contribution is 5.17. The lowest BCUT2D eigenvalue weighted by molar-refractivity contribution is 0.467. The molecule has 0 spiro atoms. The maximum atomic E-state index is 3.45. The van der Waals surface area contributed by atoms with E-state index in [2.05, 4.69) is 30.3 Å². The third-order valence-electron chi connectivity index (χ3n) is 4.28. The first-order chi connectivity index (χ1) is 8.97. The van der Waals surface area contributed by atoms with Crippen LogP contribution in [0, 0.1) is 6.07 Å². The average Bonchev–Trinajstić information content (AvgIpc) is 2.40. The largest absolute Gasteiger partial charge is 0.0619 e. The van der Waals surface area contributed by atoms with Crippen molar-refractivity contribution in [3.8, 4) is 0 Å². The molecule has 0 N–H and O–H groups in total. The molecular formula is C18H27. The van der Waals surface area contributed by atoms with E-state index in [0.29, 0.717) is 0 Å². The normalized spacial score (nSPS) is 20.9. The summed E-state index contributed by atoms with van der Waals surface area (Å²) in [6.07, 6.45) is 15.7. The molecule has 0 unspecified atom stereocenters. The zero-order valence-electron chi connectivity index (χ0n) is 11.7. The van der Waals surface area contributed by atoms with Gasteiger partial charge in [-0.3, -0.25) is 0 Å². The molecule has 2 rings (SSSR count). The van der Waals surface area contributed by atoms with Gasteiger partial charge in [0.2, 0.25) is 0 Å². The van der Waals surface area contributed by atoms with Gasteiger partial charge in [0.05, 0.1) is 0 Å². The molecule has 18 heavy (non-hydrogen) atoms. The minimum absolute atomic E-state index is 0.769. The number of hydrogen-bond donors (Lipinski definition) is 0. The van der Waals surface area contributed by atoms with Gasteiger partial charge in [0.1, 0.15) is 0 Å². The molecule has 0 heterocycles. The monoisotopic (exact) mass is 243 g/mol. The van der Waals surface area contributed by atoms with Crippen molar-refractivity contribution in [2.75, 3.05) is 0 Å². The Morgan fingerprint density at radius 2 is 1.28 bits per heavy atom. The van der Waals surface area contributed by atoms with Crippen LogP contribution in [0.25, 0.3) is 0 Å². The van der Waals surface area contributed by atoms with Crippen LogP contribution in [0.4, 0.5) is 0 Å². The molecule has 0 saturated heterocycles. The maximum Gasteiger partial charge on any atom is -0.0146 e. The van der Waals surface area contributed by atoms with Gasteiger partial charge in [-0.2, -0.15) is 0 Å². The Morgan fingerprint density at radius 3 is 1.78 bits per heavy atom. The van der Waals surface area contributed by atoms with E-state index in [1.165, 1.54) is 76.2 Å². The van der Waals surface area contributed by atoms with E-state index < -0.39 is 0 Å². The highest BCUT2D eigenvalue weighted by atomic mass is 14.2. The number of benzene rings is 1. The van der Waals surface area contributed by atoms with Gasteiger partial charge in [-0.1, -0.05) is 82.1 Å². The fourth-order valence-corrected chi connectivity index (χ4v) is 3.14. The summed E-state index contributed by atoms with van der Waals surface area (Å²) in [5, 5.41) is 0. The molecule has 0 amide bonds. The minimum atomic E-state index is 0.769. The van der Waals surface area contributed by atoms with Crippen molar-refractivity contribution in [2.45, 2.75) is 76.5 Å². The fraction of sp³-hybridized carbons (Fsp3) is 0.667. The smallest absolute Gasteiger partial charge is 0.0146 e. The van der Waals surface area contributed by atoms with Gasteiger partial charge >= 0.3 is 0 Å². The Balaban J connectivity index is 1.89. The van der Waals surface area contributed by atoms with E-state index >= 15 is 0 Å². The van der Waals surface area contributed by atoms with Crippen LogP contribution in [-0.4, -0.2) is 0 Å². The Hall–Kier alpha value is -0.780. The molecule has 0 atom stereocenters. The molecule has 1 aromatic carbocycles. The topological polar surface area (TPSA) is 0 Å². The van der Waals surface area contributed by atoms with Crippen molar-refractivity contribution >= 4 is 0 Å². The Labute approximate surface area is 113 Å². The quantitative estimate of drug-likeness (QED) is 0.578. The highest BCUT2D eigenvalue weighted by Crippen LogP contribution is 2.28. The summed E-state index contributed by atoms with van der Waals surface area (Å²) in [5.41, 5.74) is 1.45.